The van der Waals surface area contributed by atoms with Gasteiger partial charge in [0.15, 0.2) is 0 Å². The maximum absolute atomic E-state index is 5.84. The van der Waals surface area contributed by atoms with E-state index in [1.54, 1.807) is 0 Å². The molecule has 13 heavy (non-hydrogen) atoms. The second-order valence-electron chi connectivity index (χ2n) is 2.87. The van der Waals surface area contributed by atoms with E-state index in [0.717, 1.165) is 16.8 Å². The van der Waals surface area contributed by atoms with Gasteiger partial charge in [-0.25, -0.2) is 0 Å². The molecule has 0 aliphatic heterocycles. The Morgan fingerprint density at radius 1 is 1.46 bits per heavy atom. The van der Waals surface area contributed by atoms with E-state index in [4.69, 9.17) is 5.73 Å². The molecule has 0 aromatic heterocycles. The highest BCUT2D eigenvalue weighted by molar-refractivity contribution is 5.60. The number of hydrogen-bond donors (Lipinski definition) is 2. The van der Waals surface area contributed by atoms with Crippen LogP contribution in [0.4, 0.5) is 5.69 Å². The maximum Gasteiger partial charge on any atom is 0.0577 e. The molecule has 0 spiro atoms. The number of aryl methyl sites for hydroxylation is 1. The van der Waals surface area contributed by atoms with Crippen LogP contribution in [0.15, 0.2) is 18.2 Å². The Bertz CT molecular complexity index is 345. The molecule has 0 amide bonds. The summed E-state index contributed by atoms with van der Waals surface area (Å²) in [5, 5.41) is 2.96. The summed E-state index contributed by atoms with van der Waals surface area (Å²) in [6, 6.07) is 5.89. The number of anilines is 1. The first kappa shape index (κ1) is 9.63. The molecular formula is C11H14N2. The zero-order valence-corrected chi connectivity index (χ0v) is 8.02. The number of benzene rings is 1. The Balaban J connectivity index is 2.91. The second kappa shape index (κ2) is 4.54. The van der Waals surface area contributed by atoms with Crippen molar-refractivity contribution in [2.75, 3.05) is 19.3 Å². The molecule has 0 atom stereocenters. The lowest BCUT2D eigenvalue weighted by Crippen LogP contribution is -2.04. The summed E-state index contributed by atoms with van der Waals surface area (Å²) in [5.74, 6) is 6.00. The Hall–Kier alpha value is -1.46. The number of hydrogen-bond acceptors (Lipinski definition) is 2. The summed E-state index contributed by atoms with van der Waals surface area (Å²) in [4.78, 5) is 0. The van der Waals surface area contributed by atoms with E-state index < -0.39 is 0 Å². The molecule has 0 saturated carbocycles. The van der Waals surface area contributed by atoms with Crippen molar-refractivity contribution in [1.82, 2.24) is 5.32 Å². The van der Waals surface area contributed by atoms with E-state index in [1.165, 1.54) is 0 Å². The van der Waals surface area contributed by atoms with Crippen molar-refractivity contribution in [3.8, 4) is 11.8 Å². The Kier molecular flexibility index (Phi) is 3.36. The molecule has 1 aromatic carbocycles. The van der Waals surface area contributed by atoms with Crippen molar-refractivity contribution in [2.45, 2.75) is 6.92 Å². The third-order valence-corrected chi connectivity index (χ3v) is 1.81. The Morgan fingerprint density at radius 2 is 2.23 bits per heavy atom. The summed E-state index contributed by atoms with van der Waals surface area (Å²) in [6.45, 7) is 2.67. The SMILES string of the molecule is CNCC#Cc1cccc(C)c1N. The fourth-order valence-corrected chi connectivity index (χ4v) is 1.02. The van der Waals surface area contributed by atoms with Gasteiger partial charge in [0.2, 0.25) is 0 Å². The molecule has 0 fully saturated rings. The molecule has 1 rings (SSSR count). The highest BCUT2D eigenvalue weighted by Gasteiger charge is 1.96. The van der Waals surface area contributed by atoms with Gasteiger partial charge in [-0.15, -0.1) is 0 Å². The standard InChI is InChI=1S/C11H14N2/c1-9-5-3-6-10(11(9)12)7-4-8-13-2/h3,5-6,13H,8,12H2,1-2H3. The molecule has 0 unspecified atom stereocenters. The fourth-order valence-electron chi connectivity index (χ4n) is 1.02. The number of nitrogens with two attached hydrogens (primary N) is 1. The van der Waals surface area contributed by atoms with Crippen molar-refractivity contribution < 1.29 is 0 Å². The number of rotatable bonds is 1. The maximum atomic E-state index is 5.84. The lowest BCUT2D eigenvalue weighted by atomic mass is 10.1. The first-order valence-electron chi connectivity index (χ1n) is 4.24. The summed E-state index contributed by atoms with van der Waals surface area (Å²) in [7, 11) is 1.87. The van der Waals surface area contributed by atoms with Gasteiger partial charge >= 0.3 is 0 Å². The largest absolute Gasteiger partial charge is 0.398 e. The van der Waals surface area contributed by atoms with Crippen molar-refractivity contribution in [2.24, 2.45) is 0 Å². The zero-order chi connectivity index (χ0) is 9.68. The van der Waals surface area contributed by atoms with Crippen LogP contribution >= 0.6 is 0 Å². The minimum absolute atomic E-state index is 0.688. The monoisotopic (exact) mass is 174 g/mol. The topological polar surface area (TPSA) is 38.0 Å². The molecular weight excluding hydrogens is 160 g/mol. The van der Waals surface area contributed by atoms with E-state index in [0.29, 0.717) is 6.54 Å². The van der Waals surface area contributed by atoms with Gasteiger partial charge < -0.3 is 11.1 Å². The lowest BCUT2D eigenvalue weighted by molar-refractivity contribution is 0.938. The van der Waals surface area contributed by atoms with Crippen LogP contribution in [0.1, 0.15) is 11.1 Å². The predicted molar refractivity (Wildman–Crippen MR) is 56.4 cm³/mol. The minimum Gasteiger partial charge on any atom is -0.398 e. The van der Waals surface area contributed by atoms with E-state index in [9.17, 15) is 0 Å². The van der Waals surface area contributed by atoms with Crippen LogP contribution in [-0.4, -0.2) is 13.6 Å². The van der Waals surface area contributed by atoms with Crippen LogP contribution in [-0.2, 0) is 0 Å². The van der Waals surface area contributed by atoms with Gasteiger partial charge in [0, 0.05) is 5.56 Å². The number of nitrogen functional groups attached to an aromatic ring is 1. The predicted octanol–water partition coefficient (Wildman–Crippen LogP) is 1.15. The number of nitrogens with one attached hydrogen (secondary N) is 1. The van der Waals surface area contributed by atoms with Crippen molar-refractivity contribution in [1.29, 1.82) is 0 Å². The Morgan fingerprint density at radius 3 is 2.92 bits per heavy atom. The van der Waals surface area contributed by atoms with Crippen LogP contribution in [0.2, 0.25) is 0 Å². The average Bonchev–Trinajstić information content (AvgIpc) is 2.13. The zero-order valence-electron chi connectivity index (χ0n) is 8.02. The fraction of sp³-hybridized carbons (Fsp3) is 0.273. The summed E-state index contributed by atoms with van der Waals surface area (Å²) in [6.07, 6.45) is 0. The second-order valence-corrected chi connectivity index (χ2v) is 2.87. The summed E-state index contributed by atoms with van der Waals surface area (Å²) < 4.78 is 0. The molecule has 0 heterocycles. The molecule has 2 nitrogen and oxygen atoms in total. The van der Waals surface area contributed by atoms with Crippen LogP contribution < -0.4 is 11.1 Å². The Labute approximate surface area is 79.1 Å². The normalized spacial score (nSPS) is 9.08. The van der Waals surface area contributed by atoms with Gasteiger partial charge in [-0.2, -0.15) is 0 Å². The highest BCUT2D eigenvalue weighted by atomic mass is 14.8. The lowest BCUT2D eigenvalue weighted by Gasteiger charge is -2.00. The molecule has 2 heteroatoms. The molecule has 0 saturated heterocycles. The summed E-state index contributed by atoms with van der Waals surface area (Å²) in [5.41, 5.74) is 8.62. The quantitative estimate of drug-likeness (QED) is 0.495. The third kappa shape index (κ3) is 2.50. The third-order valence-electron chi connectivity index (χ3n) is 1.81. The van der Waals surface area contributed by atoms with E-state index >= 15 is 0 Å². The van der Waals surface area contributed by atoms with E-state index in [2.05, 4.69) is 17.2 Å². The van der Waals surface area contributed by atoms with Gasteiger partial charge in [-0.1, -0.05) is 24.0 Å². The first-order valence-corrected chi connectivity index (χ1v) is 4.24. The molecule has 0 radical (unpaired) electrons. The van der Waals surface area contributed by atoms with Gasteiger partial charge in [-0.3, -0.25) is 0 Å². The average molecular weight is 174 g/mol. The van der Waals surface area contributed by atoms with Gasteiger partial charge in [-0.05, 0) is 25.6 Å². The van der Waals surface area contributed by atoms with Crippen LogP contribution in [0.3, 0.4) is 0 Å². The molecule has 68 valence electrons. The van der Waals surface area contributed by atoms with Gasteiger partial charge in [0.1, 0.15) is 0 Å². The van der Waals surface area contributed by atoms with Crippen molar-refractivity contribution in [3.63, 3.8) is 0 Å². The molecule has 0 aliphatic rings. The molecule has 0 bridgehead atoms. The van der Waals surface area contributed by atoms with Crippen molar-refractivity contribution >= 4 is 5.69 Å². The molecule has 3 N–H and O–H groups in total. The number of para-hydroxylation sites is 1. The highest BCUT2D eigenvalue weighted by Crippen LogP contribution is 2.14. The van der Waals surface area contributed by atoms with Crippen molar-refractivity contribution in [3.05, 3.63) is 29.3 Å². The van der Waals surface area contributed by atoms with E-state index in [1.807, 2.05) is 32.2 Å². The minimum atomic E-state index is 0.688. The first-order chi connectivity index (χ1) is 6.25. The van der Waals surface area contributed by atoms with Crippen LogP contribution in [0, 0.1) is 18.8 Å². The molecule has 1 aromatic rings. The molecule has 0 aliphatic carbocycles. The van der Waals surface area contributed by atoms with Gasteiger partial charge in [0.25, 0.3) is 0 Å². The summed E-state index contributed by atoms with van der Waals surface area (Å²) >= 11 is 0. The van der Waals surface area contributed by atoms with Crippen LogP contribution in [0.5, 0.6) is 0 Å². The smallest absolute Gasteiger partial charge is 0.0577 e. The van der Waals surface area contributed by atoms with Crippen LogP contribution in [0.25, 0.3) is 0 Å². The van der Waals surface area contributed by atoms with Gasteiger partial charge in [0.05, 0.1) is 12.2 Å². The van der Waals surface area contributed by atoms with E-state index in [-0.39, 0.29) is 0 Å².